The average Bonchev–Trinajstić information content (AvgIpc) is 3.29. The fourth-order valence-corrected chi connectivity index (χ4v) is 3.15. The molecule has 0 amide bonds. The summed E-state index contributed by atoms with van der Waals surface area (Å²) < 4.78 is 3.79. The molecule has 8 nitrogen and oxygen atoms in total. The van der Waals surface area contributed by atoms with E-state index in [1.807, 2.05) is 43.4 Å². The van der Waals surface area contributed by atoms with Crippen molar-refractivity contribution in [1.82, 2.24) is 34.3 Å². The molecule has 1 aromatic carbocycles. The average molecular weight is 356 g/mol. The summed E-state index contributed by atoms with van der Waals surface area (Å²) in [7, 11) is 2.01. The summed E-state index contributed by atoms with van der Waals surface area (Å²) in [6, 6.07) is 13.8. The van der Waals surface area contributed by atoms with Gasteiger partial charge in [0.2, 0.25) is 0 Å². The molecule has 8 heteroatoms. The van der Waals surface area contributed by atoms with Crippen molar-refractivity contribution in [1.29, 1.82) is 0 Å². The first-order valence-corrected chi connectivity index (χ1v) is 8.55. The van der Waals surface area contributed by atoms with Crippen LogP contribution in [-0.2, 0) is 13.6 Å². The number of anilines is 1. The predicted octanol–water partition coefficient (Wildman–Crippen LogP) is 2.71. The number of pyridine rings is 1. The van der Waals surface area contributed by atoms with Gasteiger partial charge < -0.3 is 9.88 Å². The number of hydrogen-bond donors (Lipinski definition) is 1. The Morgan fingerprint density at radius 3 is 2.74 bits per heavy atom. The SMILES string of the molecule is Cn1c(CNc2ncnc3c2cnn3-c2ccccn2)nc2ccccc21. The van der Waals surface area contributed by atoms with Crippen molar-refractivity contribution in [3.8, 4) is 5.82 Å². The highest BCUT2D eigenvalue weighted by molar-refractivity contribution is 5.87. The highest BCUT2D eigenvalue weighted by Crippen LogP contribution is 2.22. The lowest BCUT2D eigenvalue weighted by Gasteiger charge is -2.07. The molecule has 0 bridgehead atoms. The molecule has 0 saturated carbocycles. The van der Waals surface area contributed by atoms with Gasteiger partial charge in [0, 0.05) is 13.2 Å². The number of nitrogens with zero attached hydrogens (tertiary/aromatic N) is 7. The molecule has 5 rings (SSSR count). The Hall–Kier alpha value is -3.81. The number of hydrogen-bond acceptors (Lipinski definition) is 6. The van der Waals surface area contributed by atoms with E-state index in [4.69, 9.17) is 0 Å². The van der Waals surface area contributed by atoms with Gasteiger partial charge in [-0.15, -0.1) is 0 Å². The van der Waals surface area contributed by atoms with Gasteiger partial charge in [-0.3, -0.25) is 0 Å². The van der Waals surface area contributed by atoms with Crippen molar-refractivity contribution in [3.05, 3.63) is 67.0 Å². The fraction of sp³-hybridized carbons (Fsp3) is 0.105. The van der Waals surface area contributed by atoms with Gasteiger partial charge in [0.25, 0.3) is 0 Å². The van der Waals surface area contributed by atoms with Crippen molar-refractivity contribution in [2.24, 2.45) is 7.05 Å². The molecule has 0 fully saturated rings. The van der Waals surface area contributed by atoms with E-state index < -0.39 is 0 Å². The number of aryl methyl sites for hydroxylation is 1. The van der Waals surface area contributed by atoms with E-state index >= 15 is 0 Å². The van der Waals surface area contributed by atoms with Gasteiger partial charge in [0.15, 0.2) is 11.5 Å². The van der Waals surface area contributed by atoms with Crippen LogP contribution < -0.4 is 5.32 Å². The van der Waals surface area contributed by atoms with Crippen molar-refractivity contribution in [2.45, 2.75) is 6.54 Å². The largest absolute Gasteiger partial charge is 0.362 e. The lowest BCUT2D eigenvalue weighted by atomic mass is 10.3. The van der Waals surface area contributed by atoms with E-state index in [1.54, 1.807) is 17.1 Å². The number of fused-ring (bicyclic) bond motifs is 2. The van der Waals surface area contributed by atoms with E-state index in [1.165, 1.54) is 6.33 Å². The van der Waals surface area contributed by atoms with Crippen molar-refractivity contribution in [2.75, 3.05) is 5.32 Å². The third-order valence-electron chi connectivity index (χ3n) is 4.53. The fourth-order valence-electron chi connectivity index (χ4n) is 3.15. The second kappa shape index (κ2) is 6.17. The van der Waals surface area contributed by atoms with Crippen molar-refractivity contribution < 1.29 is 0 Å². The molecule has 4 heterocycles. The summed E-state index contributed by atoms with van der Waals surface area (Å²) in [6.45, 7) is 0.548. The van der Waals surface area contributed by atoms with E-state index in [0.717, 1.165) is 22.2 Å². The van der Waals surface area contributed by atoms with Gasteiger partial charge in [-0.1, -0.05) is 18.2 Å². The second-order valence-electron chi connectivity index (χ2n) is 6.13. The molecule has 27 heavy (non-hydrogen) atoms. The van der Waals surface area contributed by atoms with Crippen LogP contribution in [0.25, 0.3) is 27.9 Å². The number of imidazole rings is 1. The van der Waals surface area contributed by atoms with E-state index in [2.05, 4.69) is 41.0 Å². The predicted molar refractivity (Wildman–Crippen MR) is 102 cm³/mol. The lowest BCUT2D eigenvalue weighted by molar-refractivity contribution is 0.832. The molecular formula is C19H16N8. The number of nitrogens with one attached hydrogen (secondary N) is 1. The third kappa shape index (κ3) is 2.58. The van der Waals surface area contributed by atoms with Gasteiger partial charge >= 0.3 is 0 Å². The molecule has 1 N–H and O–H groups in total. The quantitative estimate of drug-likeness (QED) is 0.533. The van der Waals surface area contributed by atoms with Crippen molar-refractivity contribution in [3.63, 3.8) is 0 Å². The highest BCUT2D eigenvalue weighted by Gasteiger charge is 2.13. The highest BCUT2D eigenvalue weighted by atomic mass is 15.3. The van der Waals surface area contributed by atoms with E-state index in [-0.39, 0.29) is 0 Å². The maximum atomic E-state index is 4.69. The van der Waals surface area contributed by atoms with Crippen molar-refractivity contribution >= 4 is 27.9 Å². The first kappa shape index (κ1) is 15.4. The Kier molecular flexibility index (Phi) is 3.53. The smallest absolute Gasteiger partial charge is 0.170 e. The normalized spacial score (nSPS) is 11.3. The zero-order valence-electron chi connectivity index (χ0n) is 14.6. The first-order valence-electron chi connectivity index (χ1n) is 8.55. The van der Waals surface area contributed by atoms with Crippen LogP contribution in [0.5, 0.6) is 0 Å². The third-order valence-corrected chi connectivity index (χ3v) is 4.53. The molecule has 0 aliphatic heterocycles. The topological polar surface area (TPSA) is 86.3 Å². The van der Waals surface area contributed by atoms with E-state index in [9.17, 15) is 0 Å². The Morgan fingerprint density at radius 1 is 1.00 bits per heavy atom. The summed E-state index contributed by atoms with van der Waals surface area (Å²) in [5.74, 6) is 2.36. The Bertz CT molecular complexity index is 1240. The van der Waals surface area contributed by atoms with E-state index in [0.29, 0.717) is 23.8 Å². The number of aromatic nitrogens is 7. The van der Waals surface area contributed by atoms with Gasteiger partial charge in [0.05, 0.1) is 29.2 Å². The molecule has 0 spiro atoms. The molecule has 0 aliphatic rings. The first-order chi connectivity index (χ1) is 13.3. The Balaban J connectivity index is 1.49. The van der Waals surface area contributed by atoms with Gasteiger partial charge in [0.1, 0.15) is 18.0 Å². The van der Waals surface area contributed by atoms with Crippen LogP contribution in [0.3, 0.4) is 0 Å². The molecule has 5 aromatic rings. The van der Waals surface area contributed by atoms with Crippen LogP contribution >= 0.6 is 0 Å². The minimum absolute atomic E-state index is 0.548. The number of para-hydroxylation sites is 2. The zero-order valence-corrected chi connectivity index (χ0v) is 14.6. The van der Waals surface area contributed by atoms with Crippen LogP contribution in [0.2, 0.25) is 0 Å². The minimum Gasteiger partial charge on any atom is -0.362 e. The summed E-state index contributed by atoms with van der Waals surface area (Å²) >= 11 is 0. The van der Waals surface area contributed by atoms with Gasteiger partial charge in [-0.05, 0) is 24.3 Å². The summed E-state index contributed by atoms with van der Waals surface area (Å²) in [5.41, 5.74) is 2.79. The Morgan fingerprint density at radius 2 is 1.89 bits per heavy atom. The maximum Gasteiger partial charge on any atom is 0.170 e. The molecule has 132 valence electrons. The molecule has 4 aromatic heterocycles. The second-order valence-corrected chi connectivity index (χ2v) is 6.13. The minimum atomic E-state index is 0.548. The van der Waals surface area contributed by atoms with Gasteiger partial charge in [-0.2, -0.15) is 9.78 Å². The number of benzene rings is 1. The summed E-state index contributed by atoms with van der Waals surface area (Å²) in [6.07, 6.45) is 5.01. The zero-order chi connectivity index (χ0) is 18.2. The molecule has 0 unspecified atom stereocenters. The molecular weight excluding hydrogens is 340 g/mol. The standard InChI is InChI=1S/C19H16N8/c1-26-15-7-3-2-6-14(15)25-17(26)11-21-18-13-10-24-27(19(13)23-12-22-18)16-8-4-5-9-20-16/h2-10,12H,11H2,1H3,(H,21,22,23). The van der Waals surface area contributed by atoms with Crippen LogP contribution in [0.1, 0.15) is 5.82 Å². The molecule has 0 saturated heterocycles. The van der Waals surface area contributed by atoms with Crippen LogP contribution in [0.15, 0.2) is 61.2 Å². The lowest BCUT2D eigenvalue weighted by Crippen LogP contribution is -2.07. The molecule has 0 atom stereocenters. The maximum absolute atomic E-state index is 4.69. The van der Waals surface area contributed by atoms with Gasteiger partial charge in [-0.25, -0.2) is 19.9 Å². The number of rotatable bonds is 4. The van der Waals surface area contributed by atoms with Crippen LogP contribution in [0, 0.1) is 0 Å². The summed E-state index contributed by atoms with van der Waals surface area (Å²) in [5, 5.41) is 8.62. The Labute approximate surface area is 154 Å². The molecule has 0 radical (unpaired) electrons. The van der Waals surface area contributed by atoms with Crippen LogP contribution in [0.4, 0.5) is 5.82 Å². The monoisotopic (exact) mass is 356 g/mol. The summed E-state index contributed by atoms with van der Waals surface area (Å²) in [4.78, 5) is 17.8. The van der Waals surface area contributed by atoms with Crippen LogP contribution in [-0.4, -0.2) is 34.3 Å². The molecule has 0 aliphatic carbocycles.